The summed E-state index contributed by atoms with van der Waals surface area (Å²) in [6.45, 7) is 0. The van der Waals surface area contributed by atoms with Crippen LogP contribution in [0.4, 0.5) is 13.2 Å². The van der Waals surface area contributed by atoms with Crippen molar-refractivity contribution in [2.24, 2.45) is 7.05 Å². The van der Waals surface area contributed by atoms with E-state index in [0.29, 0.717) is 14.9 Å². The zero-order chi connectivity index (χ0) is 11.9. The van der Waals surface area contributed by atoms with Crippen LogP contribution in [-0.2, 0) is 13.2 Å². The van der Waals surface area contributed by atoms with E-state index in [-0.39, 0.29) is 0 Å². The summed E-state index contributed by atoms with van der Waals surface area (Å²) in [7, 11) is 1.47. The lowest BCUT2D eigenvalue weighted by molar-refractivity contribution is -0.141. The molecule has 86 valence electrons. The number of aryl methyl sites for hydroxylation is 1. The van der Waals surface area contributed by atoms with Crippen LogP contribution in [0.25, 0.3) is 10.6 Å². The molecule has 2 aromatic heterocycles. The molecular formula is C9H6ClF3N2S. The number of halogens is 4. The summed E-state index contributed by atoms with van der Waals surface area (Å²) in [6.07, 6.45) is -4.42. The van der Waals surface area contributed by atoms with Gasteiger partial charge >= 0.3 is 6.18 Å². The van der Waals surface area contributed by atoms with Crippen molar-refractivity contribution in [3.8, 4) is 10.6 Å². The Morgan fingerprint density at radius 3 is 2.50 bits per heavy atom. The van der Waals surface area contributed by atoms with Gasteiger partial charge in [0.1, 0.15) is 0 Å². The van der Waals surface area contributed by atoms with Gasteiger partial charge in [0.25, 0.3) is 0 Å². The summed E-state index contributed by atoms with van der Waals surface area (Å²) in [5, 5.41) is 3.42. The van der Waals surface area contributed by atoms with Crippen LogP contribution >= 0.6 is 22.9 Å². The van der Waals surface area contributed by atoms with Gasteiger partial charge in [-0.1, -0.05) is 11.6 Å². The molecular weight excluding hydrogens is 261 g/mol. The van der Waals surface area contributed by atoms with E-state index in [0.717, 1.165) is 6.07 Å². The molecule has 0 atom stereocenters. The quantitative estimate of drug-likeness (QED) is 0.767. The van der Waals surface area contributed by atoms with Crippen molar-refractivity contribution in [3.05, 3.63) is 28.2 Å². The van der Waals surface area contributed by atoms with Crippen molar-refractivity contribution >= 4 is 22.9 Å². The lowest BCUT2D eigenvalue weighted by Gasteiger charge is -1.98. The van der Waals surface area contributed by atoms with E-state index in [1.165, 1.54) is 23.1 Å². The maximum atomic E-state index is 12.4. The lowest BCUT2D eigenvalue weighted by Crippen LogP contribution is -2.06. The largest absolute Gasteiger partial charge is 0.435 e. The average molecular weight is 267 g/mol. The number of nitrogens with zero attached hydrogens (tertiary/aromatic N) is 2. The molecule has 2 rings (SSSR count). The summed E-state index contributed by atoms with van der Waals surface area (Å²) in [4.78, 5) is 0.663. The Morgan fingerprint density at radius 2 is 2.06 bits per heavy atom. The summed E-state index contributed by atoms with van der Waals surface area (Å²) < 4.78 is 38.9. The standard InChI is InChI=1S/C9H6ClF3N2S/c1-15-5(6-2-3-8(10)16-6)4-7(14-15)9(11,12)13/h2-4H,1H3. The molecule has 0 saturated carbocycles. The van der Waals surface area contributed by atoms with Crippen molar-refractivity contribution in [1.82, 2.24) is 9.78 Å². The first-order chi connectivity index (χ1) is 7.38. The first-order valence-corrected chi connectivity index (χ1v) is 5.44. The van der Waals surface area contributed by atoms with E-state index in [1.54, 1.807) is 12.1 Å². The van der Waals surface area contributed by atoms with Crippen LogP contribution < -0.4 is 0 Å². The molecule has 0 saturated heterocycles. The number of alkyl halides is 3. The SMILES string of the molecule is Cn1nc(C(F)(F)F)cc1-c1ccc(Cl)s1. The Bertz CT molecular complexity index is 515. The molecule has 0 spiro atoms. The minimum atomic E-state index is -4.42. The van der Waals surface area contributed by atoms with Crippen LogP contribution in [0.2, 0.25) is 4.34 Å². The molecule has 0 aromatic carbocycles. The molecule has 0 aliphatic carbocycles. The van der Waals surface area contributed by atoms with Gasteiger partial charge in [-0.25, -0.2) is 0 Å². The highest BCUT2D eigenvalue weighted by Crippen LogP contribution is 2.35. The van der Waals surface area contributed by atoms with Crippen LogP contribution in [-0.4, -0.2) is 9.78 Å². The predicted octanol–water partition coefficient (Wildman–Crippen LogP) is 3.82. The zero-order valence-corrected chi connectivity index (χ0v) is 9.62. The molecule has 0 N–H and O–H groups in total. The Hall–Kier alpha value is -1.01. The number of rotatable bonds is 1. The molecule has 2 nitrogen and oxygen atoms in total. The van der Waals surface area contributed by atoms with Gasteiger partial charge in [0.05, 0.1) is 14.9 Å². The van der Waals surface area contributed by atoms with Gasteiger partial charge in [-0.15, -0.1) is 11.3 Å². The van der Waals surface area contributed by atoms with Gasteiger partial charge in [0.2, 0.25) is 0 Å². The van der Waals surface area contributed by atoms with Crippen LogP contribution in [0, 0.1) is 0 Å². The zero-order valence-electron chi connectivity index (χ0n) is 8.05. The van der Waals surface area contributed by atoms with Crippen molar-refractivity contribution in [2.45, 2.75) is 6.18 Å². The molecule has 0 radical (unpaired) electrons. The number of hydrogen-bond donors (Lipinski definition) is 0. The number of hydrogen-bond acceptors (Lipinski definition) is 2. The smallest absolute Gasteiger partial charge is 0.267 e. The van der Waals surface area contributed by atoms with Crippen molar-refractivity contribution in [1.29, 1.82) is 0 Å². The lowest BCUT2D eigenvalue weighted by atomic mass is 10.3. The van der Waals surface area contributed by atoms with Gasteiger partial charge in [0, 0.05) is 7.05 Å². The van der Waals surface area contributed by atoms with E-state index >= 15 is 0 Å². The average Bonchev–Trinajstić information content (AvgIpc) is 2.70. The van der Waals surface area contributed by atoms with Gasteiger partial charge in [-0.3, -0.25) is 4.68 Å². The molecule has 2 aromatic rings. The van der Waals surface area contributed by atoms with Crippen LogP contribution in [0.3, 0.4) is 0 Å². The van der Waals surface area contributed by atoms with Crippen LogP contribution in [0.15, 0.2) is 18.2 Å². The third-order valence-corrected chi connectivity index (χ3v) is 3.25. The predicted molar refractivity (Wildman–Crippen MR) is 56.5 cm³/mol. The molecule has 0 aliphatic heterocycles. The van der Waals surface area contributed by atoms with Gasteiger partial charge in [-0.2, -0.15) is 18.3 Å². The molecule has 0 bridgehead atoms. The van der Waals surface area contributed by atoms with E-state index in [1.807, 2.05) is 0 Å². The van der Waals surface area contributed by atoms with Crippen molar-refractivity contribution in [2.75, 3.05) is 0 Å². The van der Waals surface area contributed by atoms with E-state index < -0.39 is 11.9 Å². The molecule has 0 fully saturated rings. The summed E-state index contributed by atoms with van der Waals surface area (Å²) in [5.41, 5.74) is -0.487. The van der Waals surface area contributed by atoms with Crippen molar-refractivity contribution in [3.63, 3.8) is 0 Å². The molecule has 0 unspecified atom stereocenters. The van der Waals surface area contributed by atoms with Gasteiger partial charge < -0.3 is 0 Å². The highest BCUT2D eigenvalue weighted by Gasteiger charge is 2.34. The Kier molecular flexibility index (Phi) is 2.71. The fourth-order valence-corrected chi connectivity index (χ4v) is 2.38. The Balaban J connectivity index is 2.47. The maximum absolute atomic E-state index is 12.4. The third kappa shape index (κ3) is 2.08. The second kappa shape index (κ2) is 3.78. The summed E-state index contributed by atoms with van der Waals surface area (Å²) in [6, 6.07) is 4.33. The third-order valence-electron chi connectivity index (χ3n) is 2.00. The summed E-state index contributed by atoms with van der Waals surface area (Å²) in [5.74, 6) is 0. The maximum Gasteiger partial charge on any atom is 0.435 e. The molecule has 16 heavy (non-hydrogen) atoms. The van der Waals surface area contributed by atoms with Gasteiger partial charge in [-0.05, 0) is 18.2 Å². The first kappa shape index (κ1) is 11.5. The monoisotopic (exact) mass is 266 g/mol. The number of aromatic nitrogens is 2. The van der Waals surface area contributed by atoms with Crippen LogP contribution in [0.1, 0.15) is 5.69 Å². The van der Waals surface area contributed by atoms with E-state index in [9.17, 15) is 13.2 Å². The minimum Gasteiger partial charge on any atom is -0.267 e. The molecule has 7 heteroatoms. The Morgan fingerprint density at radius 1 is 1.38 bits per heavy atom. The highest BCUT2D eigenvalue weighted by atomic mass is 35.5. The van der Waals surface area contributed by atoms with Crippen LogP contribution in [0.5, 0.6) is 0 Å². The second-order valence-corrected chi connectivity index (χ2v) is 4.86. The first-order valence-electron chi connectivity index (χ1n) is 4.25. The van der Waals surface area contributed by atoms with E-state index in [4.69, 9.17) is 11.6 Å². The minimum absolute atomic E-state index is 0.407. The fraction of sp³-hybridized carbons (Fsp3) is 0.222. The van der Waals surface area contributed by atoms with Gasteiger partial charge in [0.15, 0.2) is 5.69 Å². The fourth-order valence-electron chi connectivity index (χ4n) is 1.29. The normalized spacial score (nSPS) is 12.1. The molecule has 0 aliphatic rings. The Labute approximate surface area is 98.3 Å². The summed E-state index contributed by atoms with van der Waals surface area (Å²) >= 11 is 6.94. The number of thiophene rings is 1. The van der Waals surface area contributed by atoms with Crippen molar-refractivity contribution < 1.29 is 13.2 Å². The van der Waals surface area contributed by atoms with E-state index in [2.05, 4.69) is 5.10 Å². The topological polar surface area (TPSA) is 17.8 Å². The highest BCUT2D eigenvalue weighted by molar-refractivity contribution is 7.19. The molecule has 0 amide bonds. The molecule has 2 heterocycles. The second-order valence-electron chi connectivity index (χ2n) is 3.14.